The smallest absolute Gasteiger partial charge is 0.261 e. The van der Waals surface area contributed by atoms with Gasteiger partial charge < -0.3 is 14.8 Å². The van der Waals surface area contributed by atoms with Crippen LogP contribution in [0.15, 0.2) is 42.0 Å². The number of nitrogens with one attached hydrogen (secondary N) is 1. The van der Waals surface area contributed by atoms with Crippen LogP contribution >= 0.6 is 0 Å². The second-order valence-corrected chi connectivity index (χ2v) is 5.38. The van der Waals surface area contributed by atoms with Crippen LogP contribution in [0, 0.1) is 11.3 Å². The van der Waals surface area contributed by atoms with Gasteiger partial charge in [0.25, 0.3) is 5.91 Å². The average molecular weight is 338 g/mol. The van der Waals surface area contributed by atoms with Crippen molar-refractivity contribution < 1.29 is 14.3 Å². The molecule has 0 saturated heterocycles. The topological polar surface area (TPSA) is 71.3 Å². The van der Waals surface area contributed by atoms with E-state index in [1.54, 1.807) is 13.2 Å². The van der Waals surface area contributed by atoms with Gasteiger partial charge in [0.15, 0.2) is 0 Å². The number of methoxy groups -OCH3 is 1. The molecule has 0 aliphatic heterocycles. The van der Waals surface area contributed by atoms with E-state index in [9.17, 15) is 10.1 Å². The van der Waals surface area contributed by atoms with Crippen molar-refractivity contribution in [3.8, 4) is 11.8 Å². The lowest BCUT2D eigenvalue weighted by Crippen LogP contribution is -2.26. The van der Waals surface area contributed by atoms with E-state index >= 15 is 0 Å². The molecule has 1 N–H and O–H groups in total. The van der Waals surface area contributed by atoms with Crippen LogP contribution in [-0.2, 0) is 9.53 Å². The molecule has 0 heterocycles. The molecule has 0 atom stereocenters. The van der Waals surface area contributed by atoms with Gasteiger partial charge in [-0.15, -0.1) is 0 Å². The predicted molar refractivity (Wildman–Crippen MR) is 98.2 cm³/mol. The number of fused-ring (bicyclic) bond motifs is 1. The van der Waals surface area contributed by atoms with E-state index in [1.165, 1.54) is 0 Å². The first-order chi connectivity index (χ1) is 12.2. The summed E-state index contributed by atoms with van der Waals surface area (Å²) in [7, 11) is 1.57. The van der Waals surface area contributed by atoms with Gasteiger partial charge in [0, 0.05) is 25.3 Å². The maximum Gasteiger partial charge on any atom is 0.261 e. The summed E-state index contributed by atoms with van der Waals surface area (Å²) in [5, 5.41) is 14.1. The molecular formula is C20H22N2O3. The molecule has 0 aromatic heterocycles. The number of hydrogen-bond donors (Lipinski definition) is 1. The lowest BCUT2D eigenvalue weighted by molar-refractivity contribution is -0.117. The van der Waals surface area contributed by atoms with Gasteiger partial charge in [-0.05, 0) is 36.3 Å². The number of amides is 1. The number of carbonyl (C=O) groups excluding carboxylic acids is 1. The zero-order valence-corrected chi connectivity index (χ0v) is 14.5. The molecule has 25 heavy (non-hydrogen) atoms. The van der Waals surface area contributed by atoms with Crippen molar-refractivity contribution in [3.05, 3.63) is 47.5 Å². The highest BCUT2D eigenvalue weighted by molar-refractivity contribution is 6.04. The van der Waals surface area contributed by atoms with Crippen molar-refractivity contribution >= 4 is 22.8 Å². The second kappa shape index (κ2) is 9.45. The lowest BCUT2D eigenvalue weighted by atomic mass is 10.0. The fourth-order valence-electron chi connectivity index (χ4n) is 2.51. The summed E-state index contributed by atoms with van der Waals surface area (Å²) < 4.78 is 10.6. The SMILES string of the molecule is CCOCCCNC(=O)/C(C#N)=C/c1c(OC)ccc2ccccc12. The number of benzene rings is 2. The monoisotopic (exact) mass is 338 g/mol. The highest BCUT2D eigenvalue weighted by Gasteiger charge is 2.12. The molecule has 0 fully saturated rings. The molecule has 5 nitrogen and oxygen atoms in total. The van der Waals surface area contributed by atoms with E-state index in [0.717, 1.165) is 16.3 Å². The van der Waals surface area contributed by atoms with Crippen LogP contribution in [-0.4, -0.2) is 32.8 Å². The zero-order valence-electron chi connectivity index (χ0n) is 14.5. The predicted octanol–water partition coefficient (Wildman–Crippen LogP) is 3.30. The van der Waals surface area contributed by atoms with Gasteiger partial charge in [0.1, 0.15) is 17.4 Å². The fraction of sp³-hybridized carbons (Fsp3) is 0.300. The minimum Gasteiger partial charge on any atom is -0.496 e. The van der Waals surface area contributed by atoms with Crippen LogP contribution in [0.1, 0.15) is 18.9 Å². The summed E-state index contributed by atoms with van der Waals surface area (Å²) >= 11 is 0. The first-order valence-electron chi connectivity index (χ1n) is 8.24. The Morgan fingerprint density at radius 2 is 2.08 bits per heavy atom. The van der Waals surface area contributed by atoms with E-state index in [0.29, 0.717) is 31.9 Å². The zero-order chi connectivity index (χ0) is 18.1. The van der Waals surface area contributed by atoms with Crippen LogP contribution in [0.5, 0.6) is 5.75 Å². The molecule has 2 rings (SSSR count). The summed E-state index contributed by atoms with van der Waals surface area (Å²) in [5.41, 5.74) is 0.771. The Morgan fingerprint density at radius 1 is 1.28 bits per heavy atom. The molecule has 0 bridgehead atoms. The maximum atomic E-state index is 12.3. The van der Waals surface area contributed by atoms with E-state index in [1.807, 2.05) is 49.4 Å². The average Bonchev–Trinajstić information content (AvgIpc) is 2.65. The number of hydrogen-bond acceptors (Lipinski definition) is 4. The minimum atomic E-state index is -0.394. The van der Waals surface area contributed by atoms with Crippen LogP contribution in [0.2, 0.25) is 0 Å². The second-order valence-electron chi connectivity index (χ2n) is 5.38. The Morgan fingerprint density at radius 3 is 2.80 bits per heavy atom. The van der Waals surface area contributed by atoms with Crippen molar-refractivity contribution in [1.82, 2.24) is 5.32 Å². The Bertz CT molecular complexity index is 806. The molecule has 5 heteroatoms. The summed E-state index contributed by atoms with van der Waals surface area (Å²) in [6, 6.07) is 13.5. The summed E-state index contributed by atoms with van der Waals surface area (Å²) in [5.74, 6) is 0.226. The van der Waals surface area contributed by atoms with E-state index in [4.69, 9.17) is 9.47 Å². The van der Waals surface area contributed by atoms with Gasteiger partial charge in [-0.1, -0.05) is 30.3 Å². The molecule has 0 aliphatic carbocycles. The number of nitriles is 1. The Kier molecular flexibility index (Phi) is 7.00. The van der Waals surface area contributed by atoms with Gasteiger partial charge in [-0.25, -0.2) is 0 Å². The molecule has 0 saturated carbocycles. The molecule has 0 unspecified atom stereocenters. The van der Waals surface area contributed by atoms with Gasteiger partial charge in [0.2, 0.25) is 0 Å². The van der Waals surface area contributed by atoms with Crippen LogP contribution in [0.3, 0.4) is 0 Å². The summed E-state index contributed by atoms with van der Waals surface area (Å²) in [4.78, 5) is 12.3. The molecule has 0 aliphatic rings. The third kappa shape index (κ3) is 4.82. The molecule has 1 amide bonds. The summed E-state index contributed by atoms with van der Waals surface area (Å²) in [6.07, 6.45) is 2.29. The van der Waals surface area contributed by atoms with Gasteiger partial charge in [-0.3, -0.25) is 4.79 Å². The standard InChI is InChI=1S/C20H22N2O3/c1-3-25-12-6-11-22-20(23)16(14-21)13-18-17-8-5-4-7-15(17)9-10-19(18)24-2/h4-5,7-10,13H,3,6,11-12H2,1-2H3,(H,22,23)/b16-13+. The van der Waals surface area contributed by atoms with Crippen LogP contribution < -0.4 is 10.1 Å². The Hall–Kier alpha value is -2.84. The van der Waals surface area contributed by atoms with Crippen molar-refractivity contribution in [2.24, 2.45) is 0 Å². The highest BCUT2D eigenvalue weighted by atomic mass is 16.5. The molecule has 130 valence electrons. The molecule has 2 aromatic carbocycles. The normalized spacial score (nSPS) is 11.2. The maximum absolute atomic E-state index is 12.3. The number of carbonyl (C=O) groups is 1. The third-order valence-corrected chi connectivity index (χ3v) is 3.76. The quantitative estimate of drug-likeness (QED) is 0.455. The van der Waals surface area contributed by atoms with E-state index < -0.39 is 5.91 Å². The lowest BCUT2D eigenvalue weighted by Gasteiger charge is -2.10. The van der Waals surface area contributed by atoms with Crippen molar-refractivity contribution in [2.75, 3.05) is 26.9 Å². The van der Waals surface area contributed by atoms with Crippen LogP contribution in [0.4, 0.5) is 0 Å². The van der Waals surface area contributed by atoms with Crippen LogP contribution in [0.25, 0.3) is 16.8 Å². The minimum absolute atomic E-state index is 0.0473. The number of rotatable bonds is 8. The highest BCUT2D eigenvalue weighted by Crippen LogP contribution is 2.30. The van der Waals surface area contributed by atoms with Crippen molar-refractivity contribution in [1.29, 1.82) is 5.26 Å². The first-order valence-corrected chi connectivity index (χ1v) is 8.24. The Labute approximate surface area is 147 Å². The molecule has 0 radical (unpaired) electrons. The van der Waals surface area contributed by atoms with Crippen molar-refractivity contribution in [3.63, 3.8) is 0 Å². The first kappa shape index (κ1) is 18.5. The van der Waals surface area contributed by atoms with Crippen molar-refractivity contribution in [2.45, 2.75) is 13.3 Å². The number of nitrogens with zero attached hydrogens (tertiary/aromatic N) is 1. The molecule has 0 spiro atoms. The number of ether oxygens (including phenoxy) is 2. The largest absolute Gasteiger partial charge is 0.496 e. The van der Waals surface area contributed by atoms with E-state index in [2.05, 4.69) is 5.32 Å². The van der Waals surface area contributed by atoms with Gasteiger partial charge in [0.05, 0.1) is 7.11 Å². The van der Waals surface area contributed by atoms with E-state index in [-0.39, 0.29) is 5.57 Å². The van der Waals surface area contributed by atoms with Gasteiger partial charge >= 0.3 is 0 Å². The third-order valence-electron chi connectivity index (χ3n) is 3.76. The molecule has 2 aromatic rings. The fourth-order valence-corrected chi connectivity index (χ4v) is 2.51. The van der Waals surface area contributed by atoms with Gasteiger partial charge in [-0.2, -0.15) is 5.26 Å². The Balaban J connectivity index is 2.25. The molecular weight excluding hydrogens is 316 g/mol. The summed E-state index contributed by atoms with van der Waals surface area (Å²) in [6.45, 7) is 3.62.